The van der Waals surface area contributed by atoms with Crippen LogP contribution < -0.4 is 5.32 Å². The number of nitrogens with zero attached hydrogens (tertiary/aromatic N) is 2. The number of nitrogens with one attached hydrogen (secondary N) is 1. The van der Waals surface area contributed by atoms with Crippen molar-refractivity contribution in [2.75, 3.05) is 45.5 Å². The van der Waals surface area contributed by atoms with Gasteiger partial charge in [-0.25, -0.2) is 12.7 Å². The molecule has 0 radical (unpaired) electrons. The van der Waals surface area contributed by atoms with Crippen LogP contribution in [0.2, 0.25) is 0 Å². The van der Waals surface area contributed by atoms with Gasteiger partial charge < -0.3 is 10.2 Å². The van der Waals surface area contributed by atoms with E-state index < -0.39 is 10.0 Å². The Kier molecular flexibility index (Phi) is 6.47. The molecule has 0 aromatic rings. The molecule has 2 aliphatic rings. The lowest BCUT2D eigenvalue weighted by Gasteiger charge is -2.35. The second-order valence-electron chi connectivity index (χ2n) is 6.68. The highest BCUT2D eigenvalue weighted by Gasteiger charge is 2.27. The SMILES string of the molecule is CCCN(CC1CCCN(S(C)(=O)=O)C1)CC1CCCN1. The maximum Gasteiger partial charge on any atom is 0.211 e. The Bertz CT molecular complexity index is 407. The van der Waals surface area contributed by atoms with Crippen LogP contribution >= 0.6 is 0 Å². The third-order valence-corrected chi connectivity index (χ3v) is 5.92. The predicted molar refractivity (Wildman–Crippen MR) is 86.9 cm³/mol. The third-order valence-electron chi connectivity index (χ3n) is 4.65. The first-order chi connectivity index (χ1) is 9.99. The van der Waals surface area contributed by atoms with Crippen LogP contribution in [0.1, 0.15) is 39.0 Å². The van der Waals surface area contributed by atoms with Crippen LogP contribution in [-0.4, -0.2) is 69.2 Å². The number of hydrogen-bond donors (Lipinski definition) is 1. The van der Waals surface area contributed by atoms with Crippen molar-refractivity contribution in [2.24, 2.45) is 5.92 Å². The summed E-state index contributed by atoms with van der Waals surface area (Å²) in [6, 6.07) is 0.631. The maximum absolute atomic E-state index is 11.7. The molecule has 2 saturated heterocycles. The van der Waals surface area contributed by atoms with E-state index in [4.69, 9.17) is 0 Å². The number of hydrogen-bond acceptors (Lipinski definition) is 4. The zero-order chi connectivity index (χ0) is 15.3. The summed E-state index contributed by atoms with van der Waals surface area (Å²) in [5.41, 5.74) is 0. The first-order valence-electron chi connectivity index (χ1n) is 8.40. The van der Waals surface area contributed by atoms with Gasteiger partial charge in [0.15, 0.2) is 0 Å². The lowest BCUT2D eigenvalue weighted by atomic mass is 9.98. The topological polar surface area (TPSA) is 52.7 Å². The molecule has 0 amide bonds. The molecule has 2 aliphatic heterocycles. The summed E-state index contributed by atoms with van der Waals surface area (Å²) in [5, 5.41) is 3.57. The van der Waals surface area contributed by atoms with Crippen molar-refractivity contribution in [2.45, 2.75) is 45.1 Å². The van der Waals surface area contributed by atoms with Crippen LogP contribution in [0.15, 0.2) is 0 Å². The van der Waals surface area contributed by atoms with Gasteiger partial charge in [-0.15, -0.1) is 0 Å². The van der Waals surface area contributed by atoms with E-state index >= 15 is 0 Å². The molecule has 5 nitrogen and oxygen atoms in total. The first kappa shape index (κ1) is 17.2. The molecule has 2 heterocycles. The fourth-order valence-electron chi connectivity index (χ4n) is 3.64. The third kappa shape index (κ3) is 5.51. The summed E-state index contributed by atoms with van der Waals surface area (Å²) >= 11 is 0. The van der Waals surface area contributed by atoms with Crippen molar-refractivity contribution in [3.05, 3.63) is 0 Å². The van der Waals surface area contributed by atoms with E-state index in [1.807, 2.05) is 0 Å². The molecule has 0 bridgehead atoms. The fourth-order valence-corrected chi connectivity index (χ4v) is 4.58. The molecule has 21 heavy (non-hydrogen) atoms. The predicted octanol–water partition coefficient (Wildman–Crippen LogP) is 1.12. The summed E-state index contributed by atoms with van der Waals surface area (Å²) in [6.07, 6.45) is 7.22. The van der Waals surface area contributed by atoms with Gasteiger partial charge in [0.05, 0.1) is 6.26 Å². The highest BCUT2D eigenvalue weighted by Crippen LogP contribution is 2.20. The molecule has 124 valence electrons. The van der Waals surface area contributed by atoms with Crippen molar-refractivity contribution < 1.29 is 8.42 Å². The Balaban J connectivity index is 1.86. The van der Waals surface area contributed by atoms with Crippen LogP contribution in [0, 0.1) is 5.92 Å². The highest BCUT2D eigenvalue weighted by atomic mass is 32.2. The van der Waals surface area contributed by atoms with Gasteiger partial charge in [0.25, 0.3) is 0 Å². The molecule has 2 rings (SSSR count). The Morgan fingerprint density at radius 1 is 1.24 bits per heavy atom. The quantitative estimate of drug-likeness (QED) is 0.764. The van der Waals surface area contributed by atoms with Crippen molar-refractivity contribution >= 4 is 10.0 Å². The summed E-state index contributed by atoms with van der Waals surface area (Å²) in [6.45, 7) is 8.05. The largest absolute Gasteiger partial charge is 0.313 e. The van der Waals surface area contributed by atoms with Gasteiger partial charge in [0, 0.05) is 32.2 Å². The lowest BCUT2D eigenvalue weighted by molar-refractivity contribution is 0.169. The first-order valence-corrected chi connectivity index (χ1v) is 10.2. The van der Waals surface area contributed by atoms with E-state index in [-0.39, 0.29) is 0 Å². The minimum absolute atomic E-state index is 0.487. The van der Waals surface area contributed by atoms with Crippen LogP contribution in [0.5, 0.6) is 0 Å². The normalized spacial score (nSPS) is 28.3. The molecule has 0 spiro atoms. The number of rotatable bonds is 7. The average molecular weight is 317 g/mol. The fraction of sp³-hybridized carbons (Fsp3) is 1.00. The van der Waals surface area contributed by atoms with Gasteiger partial charge in [-0.1, -0.05) is 6.92 Å². The second kappa shape index (κ2) is 7.90. The van der Waals surface area contributed by atoms with E-state index in [2.05, 4.69) is 17.1 Å². The lowest BCUT2D eigenvalue weighted by Crippen LogP contribution is -2.45. The second-order valence-corrected chi connectivity index (χ2v) is 8.66. The molecule has 6 heteroatoms. The van der Waals surface area contributed by atoms with Crippen LogP contribution in [0.3, 0.4) is 0 Å². The molecule has 0 aromatic heterocycles. The van der Waals surface area contributed by atoms with Crippen molar-refractivity contribution in [1.29, 1.82) is 0 Å². The molecular weight excluding hydrogens is 286 g/mol. The van der Waals surface area contributed by atoms with E-state index in [9.17, 15) is 8.42 Å². The molecule has 2 unspecified atom stereocenters. The molecular formula is C15H31N3O2S. The van der Waals surface area contributed by atoms with Crippen LogP contribution in [0.4, 0.5) is 0 Å². The highest BCUT2D eigenvalue weighted by molar-refractivity contribution is 7.88. The minimum atomic E-state index is -3.03. The molecule has 0 aliphatic carbocycles. The van der Waals surface area contributed by atoms with E-state index in [1.54, 1.807) is 4.31 Å². The van der Waals surface area contributed by atoms with Crippen LogP contribution in [-0.2, 0) is 10.0 Å². The van der Waals surface area contributed by atoms with Gasteiger partial charge in [0.2, 0.25) is 10.0 Å². The van der Waals surface area contributed by atoms with Gasteiger partial charge >= 0.3 is 0 Å². The van der Waals surface area contributed by atoms with Gasteiger partial charge in [-0.05, 0) is 51.1 Å². The monoisotopic (exact) mass is 317 g/mol. The maximum atomic E-state index is 11.7. The van der Waals surface area contributed by atoms with E-state index in [0.29, 0.717) is 25.0 Å². The standard InChI is InChI=1S/C15H31N3O2S/c1-3-9-17(13-15-7-4-8-16-15)11-14-6-5-10-18(12-14)21(2,19)20/h14-16H,3-13H2,1-2H3. The summed E-state index contributed by atoms with van der Waals surface area (Å²) in [7, 11) is -3.03. The summed E-state index contributed by atoms with van der Waals surface area (Å²) in [4.78, 5) is 2.54. The van der Waals surface area contributed by atoms with Crippen molar-refractivity contribution in [3.63, 3.8) is 0 Å². The molecule has 0 aromatic carbocycles. The number of piperidine rings is 1. The zero-order valence-electron chi connectivity index (χ0n) is 13.6. The Hall–Kier alpha value is -0.170. The summed E-state index contributed by atoms with van der Waals surface area (Å²) in [5.74, 6) is 0.487. The van der Waals surface area contributed by atoms with Crippen LogP contribution in [0.25, 0.3) is 0 Å². The molecule has 2 fully saturated rings. The molecule has 2 atom stereocenters. The molecule has 0 saturated carbocycles. The Morgan fingerprint density at radius 3 is 2.67 bits per heavy atom. The number of sulfonamides is 1. The van der Waals surface area contributed by atoms with E-state index in [0.717, 1.165) is 45.4 Å². The van der Waals surface area contributed by atoms with E-state index in [1.165, 1.54) is 19.1 Å². The average Bonchev–Trinajstić information content (AvgIpc) is 2.91. The Morgan fingerprint density at radius 2 is 2.05 bits per heavy atom. The van der Waals surface area contributed by atoms with Crippen molar-refractivity contribution in [1.82, 2.24) is 14.5 Å². The smallest absolute Gasteiger partial charge is 0.211 e. The van der Waals surface area contributed by atoms with Gasteiger partial charge in [-0.3, -0.25) is 0 Å². The van der Waals surface area contributed by atoms with Gasteiger partial charge in [-0.2, -0.15) is 0 Å². The zero-order valence-corrected chi connectivity index (χ0v) is 14.4. The molecule has 1 N–H and O–H groups in total. The Labute approximate surface area is 130 Å². The van der Waals surface area contributed by atoms with Crippen molar-refractivity contribution in [3.8, 4) is 0 Å². The summed E-state index contributed by atoms with van der Waals surface area (Å²) < 4.78 is 25.1. The minimum Gasteiger partial charge on any atom is -0.313 e. The van der Waals surface area contributed by atoms with Gasteiger partial charge in [0.1, 0.15) is 0 Å².